The molecule has 0 aliphatic rings. The van der Waals surface area contributed by atoms with Crippen LogP contribution < -0.4 is 18.9 Å². The lowest BCUT2D eigenvalue weighted by Crippen LogP contribution is -2.05. The van der Waals surface area contributed by atoms with Crippen molar-refractivity contribution in [2.45, 2.75) is 12.8 Å². The third-order valence-corrected chi connectivity index (χ3v) is 16.1. The summed E-state index contributed by atoms with van der Waals surface area (Å²) in [6.45, 7) is 2.09. The molecule has 4 heteroatoms. The van der Waals surface area contributed by atoms with Gasteiger partial charge in [0.2, 0.25) is 0 Å². The number of fused-ring (bicyclic) bond motifs is 2. The van der Waals surface area contributed by atoms with Gasteiger partial charge >= 0.3 is 0 Å². The molecule has 4 nitrogen and oxygen atoms in total. The monoisotopic (exact) mass is 1190 g/mol. The van der Waals surface area contributed by atoms with E-state index in [1.165, 1.54) is 22.3 Å². The van der Waals surface area contributed by atoms with Gasteiger partial charge in [0.1, 0.15) is 23.0 Å². The average molecular weight is 1190 g/mol. The second-order valence-electron chi connectivity index (χ2n) is 22.2. The second kappa shape index (κ2) is 29.5. The highest BCUT2D eigenvalue weighted by Gasteiger charge is 2.19. The lowest BCUT2D eigenvalue weighted by atomic mass is 9.86. The van der Waals surface area contributed by atoms with Crippen LogP contribution in [0.3, 0.4) is 0 Å². The summed E-state index contributed by atoms with van der Waals surface area (Å²) >= 11 is 0. The van der Waals surface area contributed by atoms with Crippen LogP contribution in [0.15, 0.2) is 328 Å². The fourth-order valence-electron chi connectivity index (χ4n) is 11.7. The molecule has 0 aliphatic heterocycles. The minimum atomic E-state index is 0.520. The molecule has 0 saturated carbocycles. The van der Waals surface area contributed by atoms with Crippen LogP contribution in [0, 0.1) is 23.7 Å². The fourth-order valence-corrected chi connectivity index (χ4v) is 11.7. The molecule has 0 atom stereocenters. The fraction of sp³-hybridized carbons (Fsp3) is 0.0682. The van der Waals surface area contributed by atoms with Crippen molar-refractivity contribution in [2.75, 3.05) is 26.4 Å². The van der Waals surface area contributed by atoms with E-state index < -0.39 is 0 Å². The van der Waals surface area contributed by atoms with Gasteiger partial charge in [-0.2, -0.15) is 0 Å². The molecule has 13 aromatic rings. The van der Waals surface area contributed by atoms with Crippen LogP contribution in [0.5, 0.6) is 23.0 Å². The molecular formula is C88H66O4. The summed E-state index contributed by atoms with van der Waals surface area (Å²) in [6, 6.07) is 113. The highest BCUT2D eigenvalue weighted by atomic mass is 16.5. The predicted octanol–water partition coefficient (Wildman–Crippen LogP) is 20.5. The van der Waals surface area contributed by atoms with E-state index >= 15 is 0 Å². The number of benzene rings is 13. The molecule has 0 aromatic heterocycles. The molecule has 0 bridgehead atoms. The summed E-state index contributed by atoms with van der Waals surface area (Å²) in [5, 5.41) is 4.24. The van der Waals surface area contributed by atoms with Crippen LogP contribution in [0.1, 0.15) is 79.6 Å². The van der Waals surface area contributed by atoms with Gasteiger partial charge < -0.3 is 18.9 Å². The van der Waals surface area contributed by atoms with Crippen molar-refractivity contribution in [1.82, 2.24) is 0 Å². The van der Waals surface area contributed by atoms with Gasteiger partial charge in [0.15, 0.2) is 0 Å². The first-order valence-corrected chi connectivity index (χ1v) is 31.4. The molecule has 0 aliphatic carbocycles. The van der Waals surface area contributed by atoms with Crippen molar-refractivity contribution >= 4 is 43.8 Å². The van der Waals surface area contributed by atoms with Crippen molar-refractivity contribution in [2.24, 2.45) is 0 Å². The molecule has 0 radical (unpaired) electrons. The van der Waals surface area contributed by atoms with Crippen LogP contribution in [-0.4, -0.2) is 26.4 Å². The van der Waals surface area contributed by atoms with E-state index in [0.29, 0.717) is 26.4 Å². The van der Waals surface area contributed by atoms with Gasteiger partial charge in [-0.1, -0.05) is 278 Å². The maximum Gasteiger partial charge on any atom is 0.119 e. The number of ether oxygens (including phenoxy) is 4. The molecule has 0 unspecified atom stereocenters. The third-order valence-electron chi connectivity index (χ3n) is 16.1. The molecule has 13 rings (SSSR count). The van der Waals surface area contributed by atoms with Gasteiger partial charge in [0.25, 0.3) is 0 Å². The van der Waals surface area contributed by atoms with Gasteiger partial charge in [0, 0.05) is 35.1 Å². The van der Waals surface area contributed by atoms with Crippen LogP contribution >= 0.6 is 0 Å². The van der Waals surface area contributed by atoms with Crippen molar-refractivity contribution in [3.8, 4) is 46.7 Å². The molecule has 0 fully saturated rings. The minimum absolute atomic E-state index is 0.520. The van der Waals surface area contributed by atoms with E-state index in [-0.39, 0.29) is 0 Å². The molecule has 0 amide bonds. The molecule has 0 heterocycles. The largest absolute Gasteiger partial charge is 0.493 e. The molecule has 0 saturated heterocycles. The molecule has 0 spiro atoms. The maximum atomic E-state index is 6.24. The molecule has 92 heavy (non-hydrogen) atoms. The Labute approximate surface area is 540 Å². The molecular weight excluding hydrogens is 1120 g/mol. The Morgan fingerprint density at radius 1 is 0.196 bits per heavy atom. The Bertz CT molecular complexity index is 4320. The van der Waals surface area contributed by atoms with E-state index in [0.717, 1.165) is 124 Å². The standard InChI is InChI=1S/C88H66O4/c1-7-25-67(26-8-1)85(68-27-9-2-10-28-68)87(71-33-15-5-16-34-71)73-47-55-77(56-48-73)91-63-23-61-89-75-51-41-65(42-52-75)45-59-83-79-37-19-21-39-81(79)84(82-40-22-20-38-80(82)83)60-46-66-43-53-76(54-44-66)90-62-24-64-92-78-57-49-74(50-58-78)88(72-35-17-6-18-36-72)86(69-29-11-3-12-30-69)70-31-13-4-14-32-70/h1-22,25-44,47-58H,23-24,61-64H2. The minimum Gasteiger partial charge on any atom is -0.493 e. The molecule has 442 valence electrons. The Hall–Kier alpha value is -11.8. The Kier molecular flexibility index (Phi) is 18.9. The number of hydrogen-bond acceptors (Lipinski definition) is 4. The number of rotatable bonds is 20. The Balaban J connectivity index is 0.612. The summed E-state index contributed by atoms with van der Waals surface area (Å²) in [5.41, 5.74) is 17.7. The van der Waals surface area contributed by atoms with E-state index in [1.807, 2.05) is 48.5 Å². The van der Waals surface area contributed by atoms with E-state index in [9.17, 15) is 0 Å². The van der Waals surface area contributed by atoms with E-state index in [1.54, 1.807) is 0 Å². The molecule has 13 aromatic carbocycles. The predicted molar refractivity (Wildman–Crippen MR) is 379 cm³/mol. The second-order valence-corrected chi connectivity index (χ2v) is 22.2. The van der Waals surface area contributed by atoms with Crippen molar-refractivity contribution in [3.63, 3.8) is 0 Å². The van der Waals surface area contributed by atoms with Crippen molar-refractivity contribution in [3.05, 3.63) is 394 Å². The quantitative estimate of drug-likeness (QED) is 0.0330. The first-order valence-electron chi connectivity index (χ1n) is 31.4. The average Bonchev–Trinajstić information content (AvgIpc) is 0.786. The summed E-state index contributed by atoms with van der Waals surface area (Å²) in [5.74, 6) is 17.3. The highest BCUT2D eigenvalue weighted by molar-refractivity contribution is 6.10. The first-order chi connectivity index (χ1) is 45.7. The van der Waals surface area contributed by atoms with Gasteiger partial charge in [-0.25, -0.2) is 0 Å². The normalized spacial score (nSPS) is 10.7. The van der Waals surface area contributed by atoms with Crippen LogP contribution in [0.25, 0.3) is 43.8 Å². The Morgan fingerprint density at radius 2 is 0.391 bits per heavy atom. The van der Waals surface area contributed by atoms with E-state index in [2.05, 4.69) is 303 Å². The zero-order valence-corrected chi connectivity index (χ0v) is 51.1. The summed E-state index contributed by atoms with van der Waals surface area (Å²) in [6.07, 6.45) is 1.46. The van der Waals surface area contributed by atoms with Crippen LogP contribution in [0.4, 0.5) is 0 Å². The van der Waals surface area contributed by atoms with Crippen LogP contribution in [0.2, 0.25) is 0 Å². The first kappa shape index (κ1) is 59.2. The SMILES string of the molecule is C(#Cc1c2ccccc2c(C#Cc2ccc(OCCCOc3ccc(C(=C(c4ccccc4)c4ccccc4)c4ccccc4)cc3)cc2)c2ccccc12)c1ccc(OCCCOc2ccc(C(=C(c3ccccc3)c3ccccc3)c3ccccc3)cc2)cc1. The van der Waals surface area contributed by atoms with Gasteiger partial charge in [0.05, 0.1) is 26.4 Å². The van der Waals surface area contributed by atoms with Crippen molar-refractivity contribution < 1.29 is 18.9 Å². The zero-order valence-electron chi connectivity index (χ0n) is 51.1. The lowest BCUT2D eigenvalue weighted by molar-refractivity contribution is 0.247. The lowest BCUT2D eigenvalue weighted by Gasteiger charge is -2.18. The smallest absolute Gasteiger partial charge is 0.119 e. The highest BCUT2D eigenvalue weighted by Crippen LogP contribution is 2.40. The summed E-state index contributed by atoms with van der Waals surface area (Å²) in [4.78, 5) is 0. The van der Waals surface area contributed by atoms with Gasteiger partial charge in [-0.3, -0.25) is 0 Å². The molecule has 0 N–H and O–H groups in total. The van der Waals surface area contributed by atoms with E-state index in [4.69, 9.17) is 18.9 Å². The third kappa shape index (κ3) is 14.3. The summed E-state index contributed by atoms with van der Waals surface area (Å²) < 4.78 is 24.8. The number of hydrogen-bond donors (Lipinski definition) is 0. The van der Waals surface area contributed by atoms with Gasteiger partial charge in [-0.15, -0.1) is 0 Å². The Morgan fingerprint density at radius 3 is 0.620 bits per heavy atom. The zero-order chi connectivity index (χ0) is 61.9. The maximum absolute atomic E-state index is 6.24. The topological polar surface area (TPSA) is 36.9 Å². The van der Waals surface area contributed by atoms with Gasteiger partial charge in [-0.05, 0) is 161 Å². The van der Waals surface area contributed by atoms with Crippen molar-refractivity contribution in [1.29, 1.82) is 0 Å². The van der Waals surface area contributed by atoms with Crippen LogP contribution in [-0.2, 0) is 0 Å². The summed E-state index contributed by atoms with van der Waals surface area (Å²) in [7, 11) is 0.